The fraction of sp³-hybridized carbons (Fsp3) is 0.583. The van der Waals surface area contributed by atoms with Gasteiger partial charge >= 0.3 is 0 Å². The Hall–Kier alpha value is -3.47. The van der Waals surface area contributed by atoms with E-state index < -0.39 is 95.2 Å². The van der Waals surface area contributed by atoms with E-state index in [1.165, 1.54) is 19.2 Å². The summed E-state index contributed by atoms with van der Waals surface area (Å²) in [6, 6.07) is 4.34. The van der Waals surface area contributed by atoms with E-state index in [0.717, 1.165) is 0 Å². The molecule has 8 atom stereocenters. The van der Waals surface area contributed by atoms with E-state index in [1.54, 1.807) is 33.9 Å². The van der Waals surface area contributed by atoms with Crippen LogP contribution in [0.3, 0.4) is 0 Å². The monoisotopic (exact) mass is 697 g/mol. The number of morpholine rings is 1. The number of ether oxygens (including phenoxy) is 7. The minimum atomic E-state index is -2.13. The number of phenolic OH excluding ortho intramolecular Hbond substituents is 2. The van der Waals surface area contributed by atoms with Gasteiger partial charge in [0, 0.05) is 55.6 Å². The third-order valence-corrected chi connectivity index (χ3v) is 10.3. The molecule has 0 amide bonds. The number of methoxy groups -OCH3 is 2. The summed E-state index contributed by atoms with van der Waals surface area (Å²) in [7, 11) is 2.91. The van der Waals surface area contributed by atoms with E-state index in [1.807, 2.05) is 6.92 Å². The summed E-state index contributed by atoms with van der Waals surface area (Å²) in [5, 5.41) is 35.7. The molecule has 5 aliphatic rings. The molecule has 0 saturated carbocycles. The van der Waals surface area contributed by atoms with Crippen molar-refractivity contribution in [2.24, 2.45) is 0 Å². The van der Waals surface area contributed by atoms with E-state index in [-0.39, 0.29) is 46.6 Å². The van der Waals surface area contributed by atoms with Crippen LogP contribution in [0.15, 0.2) is 18.2 Å². The Bertz CT molecular complexity index is 1740. The molecule has 3 fully saturated rings. The topological polar surface area (TPSA) is 180 Å². The molecule has 14 nitrogen and oxygen atoms in total. The van der Waals surface area contributed by atoms with Crippen LogP contribution >= 0.6 is 0 Å². The minimum Gasteiger partial charge on any atom is -0.507 e. The normalized spacial score (nSPS) is 32.1. The molecule has 0 aromatic heterocycles. The minimum absolute atomic E-state index is 0.0138. The van der Waals surface area contributed by atoms with Gasteiger partial charge in [0.1, 0.15) is 35.6 Å². The smallest absolute Gasteiger partial charge is 0.202 e. The van der Waals surface area contributed by atoms with E-state index in [2.05, 4.69) is 4.90 Å². The van der Waals surface area contributed by atoms with Gasteiger partial charge in [-0.2, -0.15) is 0 Å². The molecule has 0 radical (unpaired) electrons. The summed E-state index contributed by atoms with van der Waals surface area (Å²) in [6.45, 7) is 7.74. The first-order chi connectivity index (χ1) is 23.7. The number of aromatic hydroxyl groups is 2. The van der Waals surface area contributed by atoms with Crippen molar-refractivity contribution in [1.82, 2.24) is 4.90 Å². The van der Waals surface area contributed by atoms with Gasteiger partial charge in [0.05, 0.1) is 48.2 Å². The second-order valence-electron chi connectivity index (χ2n) is 14.5. The van der Waals surface area contributed by atoms with Crippen molar-refractivity contribution in [2.45, 2.75) is 101 Å². The molecule has 2 aliphatic carbocycles. The number of hydrogen-bond donors (Lipinski definition) is 3. The van der Waals surface area contributed by atoms with Gasteiger partial charge in [-0.1, -0.05) is 12.1 Å². The third kappa shape index (κ3) is 5.62. The van der Waals surface area contributed by atoms with Crippen LogP contribution in [0.25, 0.3) is 0 Å². The predicted octanol–water partition coefficient (Wildman–Crippen LogP) is 2.53. The van der Waals surface area contributed by atoms with Crippen LogP contribution in [0.1, 0.15) is 89.6 Å². The first kappa shape index (κ1) is 35.0. The fourth-order valence-electron chi connectivity index (χ4n) is 7.96. The average Bonchev–Trinajstić information content (AvgIpc) is 3.46. The lowest BCUT2D eigenvalue weighted by atomic mass is 9.72. The van der Waals surface area contributed by atoms with Crippen molar-refractivity contribution >= 4 is 17.3 Å². The molecule has 0 bridgehead atoms. The number of nitrogens with zero attached hydrogens (tertiary/aromatic N) is 1. The lowest BCUT2D eigenvalue weighted by Crippen LogP contribution is -2.55. The lowest BCUT2D eigenvalue weighted by molar-refractivity contribution is -0.256. The number of benzene rings is 2. The molecule has 14 heteroatoms. The quantitative estimate of drug-likeness (QED) is 0.307. The average molecular weight is 698 g/mol. The molecule has 3 saturated heterocycles. The maximum absolute atomic E-state index is 14.0. The van der Waals surface area contributed by atoms with Crippen molar-refractivity contribution in [3.63, 3.8) is 0 Å². The van der Waals surface area contributed by atoms with E-state index >= 15 is 0 Å². The first-order valence-electron chi connectivity index (χ1n) is 16.8. The Balaban J connectivity index is 1.29. The second-order valence-corrected chi connectivity index (χ2v) is 14.5. The Morgan fingerprint density at radius 3 is 2.50 bits per heavy atom. The third-order valence-electron chi connectivity index (χ3n) is 10.3. The van der Waals surface area contributed by atoms with Crippen LogP contribution in [0.4, 0.5) is 0 Å². The Kier molecular flexibility index (Phi) is 8.83. The highest BCUT2D eigenvalue weighted by molar-refractivity contribution is 6.31. The van der Waals surface area contributed by atoms with Crippen LogP contribution in [0.2, 0.25) is 0 Å². The number of Topliss-reactive ketones (excluding diaryl/α,β-unsaturated/α-hetero) is 1. The van der Waals surface area contributed by atoms with Gasteiger partial charge in [0.2, 0.25) is 5.78 Å². The van der Waals surface area contributed by atoms with E-state index in [4.69, 9.17) is 33.2 Å². The van der Waals surface area contributed by atoms with E-state index in [9.17, 15) is 29.7 Å². The Morgan fingerprint density at radius 1 is 1.06 bits per heavy atom. The maximum atomic E-state index is 14.0. The van der Waals surface area contributed by atoms with Crippen molar-refractivity contribution in [1.29, 1.82) is 0 Å². The van der Waals surface area contributed by atoms with Gasteiger partial charge in [-0.05, 0) is 33.8 Å². The predicted molar refractivity (Wildman–Crippen MR) is 172 cm³/mol. The van der Waals surface area contributed by atoms with Crippen LogP contribution in [-0.2, 0) is 39.6 Å². The van der Waals surface area contributed by atoms with Crippen LogP contribution in [0.5, 0.6) is 17.2 Å². The zero-order valence-corrected chi connectivity index (χ0v) is 28.9. The van der Waals surface area contributed by atoms with E-state index in [0.29, 0.717) is 19.6 Å². The van der Waals surface area contributed by atoms with Crippen molar-refractivity contribution < 1.29 is 62.9 Å². The molecule has 2 aromatic rings. The molecule has 2 aromatic carbocycles. The van der Waals surface area contributed by atoms with Gasteiger partial charge in [0.15, 0.2) is 30.4 Å². The SMILES string of the molecule is COc1cccc2c1C(=O)c1c(O)c3c(c(O)c1C2=O)C[C@@](O)(C(=O)COC(C)(C)C)C[C@@H]3O[C@H]1C[C@H]2[C@H](O[C@@H]3[C@@H](OC)OCCN32)[C@H](C)O1. The highest BCUT2D eigenvalue weighted by atomic mass is 16.7. The summed E-state index contributed by atoms with van der Waals surface area (Å²) < 4.78 is 41.5. The standard InChI is InChI=1S/C36H43NO13/c1-16-32-19(37-10-11-46-34(45-6)33(37)50-32)12-23(48-16)49-21-14-36(43,22(38)15-47-35(2,3)4)13-18-25(21)31(42)27-26(29(18)40)28(39)17-8-7-9-20(44-5)24(17)30(27)41/h7-9,16,19,21,23,32-34,40,42-43H,10-15H2,1-6H3/t16-,19-,21-,23-,32+,33+,34-,36-/m0/s1. The highest BCUT2D eigenvalue weighted by Crippen LogP contribution is 2.53. The molecule has 0 spiro atoms. The maximum Gasteiger partial charge on any atom is 0.202 e. The molecule has 270 valence electrons. The second kappa shape index (κ2) is 12.6. The number of carbonyl (C=O) groups excluding carboxylic acids is 3. The van der Waals surface area contributed by atoms with Gasteiger partial charge in [-0.25, -0.2) is 0 Å². The van der Waals surface area contributed by atoms with Gasteiger partial charge in [-0.3, -0.25) is 19.3 Å². The summed E-state index contributed by atoms with van der Waals surface area (Å²) >= 11 is 0. The zero-order valence-electron chi connectivity index (χ0n) is 28.9. The largest absolute Gasteiger partial charge is 0.507 e. The van der Waals surface area contributed by atoms with Crippen molar-refractivity contribution in [3.05, 3.63) is 51.6 Å². The summed E-state index contributed by atoms with van der Waals surface area (Å²) in [5.74, 6) is -3.20. The number of fused-ring (bicyclic) bond motifs is 6. The van der Waals surface area contributed by atoms with Crippen molar-refractivity contribution in [3.8, 4) is 17.2 Å². The number of carbonyl (C=O) groups is 3. The van der Waals surface area contributed by atoms with Crippen LogP contribution in [0, 0.1) is 0 Å². The van der Waals surface area contributed by atoms with Crippen molar-refractivity contribution in [2.75, 3.05) is 34.0 Å². The van der Waals surface area contributed by atoms with Crippen LogP contribution in [-0.4, -0.2) is 120 Å². The molecule has 7 rings (SSSR count). The van der Waals surface area contributed by atoms with Gasteiger partial charge < -0.3 is 48.5 Å². The lowest BCUT2D eigenvalue weighted by Gasteiger charge is -2.43. The Labute approximate surface area is 289 Å². The first-order valence-corrected chi connectivity index (χ1v) is 16.8. The summed E-state index contributed by atoms with van der Waals surface area (Å²) in [6.07, 6.45) is -4.52. The zero-order chi connectivity index (χ0) is 35.9. The molecule has 3 heterocycles. The number of rotatable bonds is 7. The molecule has 3 aliphatic heterocycles. The Morgan fingerprint density at radius 2 is 1.80 bits per heavy atom. The highest BCUT2D eigenvalue weighted by Gasteiger charge is 2.55. The summed E-state index contributed by atoms with van der Waals surface area (Å²) in [4.78, 5) is 43.7. The van der Waals surface area contributed by atoms with Gasteiger partial charge in [0.25, 0.3) is 0 Å². The number of phenols is 2. The fourth-order valence-corrected chi connectivity index (χ4v) is 7.96. The summed E-state index contributed by atoms with van der Waals surface area (Å²) in [5.41, 5.74) is -3.82. The molecular formula is C36H43NO13. The number of aliphatic hydroxyl groups is 1. The number of hydrogen-bond acceptors (Lipinski definition) is 14. The van der Waals surface area contributed by atoms with Gasteiger partial charge in [-0.15, -0.1) is 0 Å². The number of ketones is 3. The molecule has 0 unspecified atom stereocenters. The molecular weight excluding hydrogens is 654 g/mol. The molecule has 50 heavy (non-hydrogen) atoms. The molecule has 3 N–H and O–H groups in total. The van der Waals surface area contributed by atoms with Crippen LogP contribution < -0.4 is 4.74 Å².